The lowest BCUT2D eigenvalue weighted by molar-refractivity contribution is -0.130. The molecule has 0 unspecified atom stereocenters. The molecule has 18 heavy (non-hydrogen) atoms. The number of ether oxygens (including phenoxy) is 1. The normalized spacial score (nSPS) is 13.0. The van der Waals surface area contributed by atoms with Crippen molar-refractivity contribution in [2.24, 2.45) is 5.84 Å². The third-order valence-electron chi connectivity index (χ3n) is 3.25. The molecule has 0 radical (unpaired) electrons. The fourth-order valence-electron chi connectivity index (χ4n) is 2.18. The first-order valence-corrected chi connectivity index (χ1v) is 6.42. The van der Waals surface area contributed by atoms with Gasteiger partial charge in [-0.3, -0.25) is 9.80 Å². The maximum atomic E-state index is 11.3. The third-order valence-corrected chi connectivity index (χ3v) is 3.25. The molecule has 0 saturated carbocycles. The number of nitrogens with two attached hydrogens (primary N) is 1. The summed E-state index contributed by atoms with van der Waals surface area (Å²) in [6.07, 6.45) is 4.45. The number of hydrogen-bond acceptors (Lipinski definition) is 3. The van der Waals surface area contributed by atoms with Crippen LogP contribution >= 0.6 is 0 Å². The Labute approximate surface area is 108 Å². The van der Waals surface area contributed by atoms with Crippen LogP contribution in [0.3, 0.4) is 0 Å². The van der Waals surface area contributed by atoms with E-state index in [4.69, 9.17) is 10.6 Å². The van der Waals surface area contributed by atoms with Gasteiger partial charge in [0.1, 0.15) is 5.75 Å². The second-order valence-electron chi connectivity index (χ2n) is 4.75. The van der Waals surface area contributed by atoms with Gasteiger partial charge >= 0.3 is 0 Å². The Morgan fingerprint density at radius 2 is 2.28 bits per heavy atom. The van der Waals surface area contributed by atoms with Crippen LogP contribution in [-0.4, -0.2) is 24.6 Å². The molecule has 0 fully saturated rings. The Morgan fingerprint density at radius 1 is 1.44 bits per heavy atom. The summed E-state index contributed by atoms with van der Waals surface area (Å²) in [4.78, 5) is 11.3. The highest BCUT2D eigenvalue weighted by molar-refractivity contribution is 5.75. The van der Waals surface area contributed by atoms with Crippen molar-refractivity contribution >= 4 is 5.91 Å². The molecule has 0 saturated heterocycles. The number of hydrogen-bond donors (Lipinski definition) is 1. The fraction of sp³-hybridized carbons (Fsp3) is 0.500. The van der Waals surface area contributed by atoms with Gasteiger partial charge in [-0.25, -0.2) is 5.84 Å². The predicted octanol–water partition coefficient (Wildman–Crippen LogP) is 1.67. The molecule has 1 aliphatic heterocycles. The molecule has 2 rings (SSSR count). The van der Waals surface area contributed by atoms with E-state index < -0.39 is 0 Å². The number of amides is 1. The summed E-state index contributed by atoms with van der Waals surface area (Å²) >= 11 is 0. The van der Waals surface area contributed by atoms with Crippen LogP contribution in [0.25, 0.3) is 0 Å². The number of carbonyl (C=O) groups excluding carboxylic acids is 1. The highest BCUT2D eigenvalue weighted by Crippen LogP contribution is 2.26. The topological polar surface area (TPSA) is 55.6 Å². The van der Waals surface area contributed by atoms with Gasteiger partial charge in [0.05, 0.1) is 6.61 Å². The van der Waals surface area contributed by atoms with Crippen LogP contribution in [0.4, 0.5) is 0 Å². The molecule has 1 aromatic carbocycles. The minimum absolute atomic E-state index is 0.00245. The second-order valence-corrected chi connectivity index (χ2v) is 4.75. The minimum atomic E-state index is -0.00245. The molecular formula is C14H20N2O2. The van der Waals surface area contributed by atoms with Gasteiger partial charge in [-0.05, 0) is 36.5 Å². The quantitative estimate of drug-likeness (QED) is 0.373. The Kier molecular flexibility index (Phi) is 4.20. The second kappa shape index (κ2) is 5.87. The number of rotatable bonds is 5. The number of nitrogens with zero attached hydrogens (tertiary/aromatic N) is 1. The van der Waals surface area contributed by atoms with Crippen LogP contribution in [0.5, 0.6) is 5.75 Å². The van der Waals surface area contributed by atoms with Gasteiger partial charge < -0.3 is 4.74 Å². The Hall–Kier alpha value is -1.55. The van der Waals surface area contributed by atoms with Crippen molar-refractivity contribution in [2.75, 3.05) is 13.7 Å². The number of carbonyl (C=O) groups is 1. The van der Waals surface area contributed by atoms with Gasteiger partial charge in [0.25, 0.3) is 0 Å². The molecule has 0 bridgehead atoms. The first-order chi connectivity index (χ1) is 8.66. The van der Waals surface area contributed by atoms with Crippen LogP contribution < -0.4 is 10.6 Å². The molecule has 98 valence electrons. The van der Waals surface area contributed by atoms with Crippen LogP contribution in [0.1, 0.15) is 30.4 Å². The van der Waals surface area contributed by atoms with E-state index in [1.165, 1.54) is 11.1 Å². The van der Waals surface area contributed by atoms with Gasteiger partial charge in [0.15, 0.2) is 0 Å². The monoisotopic (exact) mass is 248 g/mol. The van der Waals surface area contributed by atoms with E-state index in [9.17, 15) is 4.79 Å². The molecule has 2 N–H and O–H groups in total. The van der Waals surface area contributed by atoms with E-state index in [-0.39, 0.29) is 5.91 Å². The summed E-state index contributed by atoms with van der Waals surface area (Å²) in [5.41, 5.74) is 2.64. The van der Waals surface area contributed by atoms with Crippen molar-refractivity contribution in [3.63, 3.8) is 0 Å². The zero-order valence-electron chi connectivity index (χ0n) is 10.8. The molecule has 1 amide bonds. The molecule has 4 nitrogen and oxygen atoms in total. The number of aryl methyl sites for hydroxylation is 1. The molecule has 0 atom stereocenters. The Balaban J connectivity index is 1.75. The third kappa shape index (κ3) is 3.23. The maximum absolute atomic E-state index is 11.3. The number of hydrazine groups is 1. The molecule has 0 aliphatic carbocycles. The van der Waals surface area contributed by atoms with Crippen LogP contribution in [0.2, 0.25) is 0 Å². The summed E-state index contributed by atoms with van der Waals surface area (Å²) < 4.78 is 5.47. The van der Waals surface area contributed by atoms with Gasteiger partial charge in [-0.1, -0.05) is 12.1 Å². The largest absolute Gasteiger partial charge is 0.493 e. The summed E-state index contributed by atoms with van der Waals surface area (Å²) in [7, 11) is 1.59. The van der Waals surface area contributed by atoms with Crippen LogP contribution in [0, 0.1) is 0 Å². The standard InChI is InChI=1S/C14H20N2O2/c1-16(15)14(17)5-3-2-4-11-6-7-13-12(10-11)8-9-18-13/h6-7,10H,2-5,8-9,15H2,1H3. The number of benzene rings is 1. The summed E-state index contributed by atoms with van der Waals surface area (Å²) in [6, 6.07) is 6.39. The molecule has 1 aliphatic rings. The van der Waals surface area contributed by atoms with Crippen molar-refractivity contribution in [1.29, 1.82) is 0 Å². The smallest absolute Gasteiger partial charge is 0.236 e. The maximum Gasteiger partial charge on any atom is 0.236 e. The van der Waals surface area contributed by atoms with E-state index in [2.05, 4.69) is 18.2 Å². The molecule has 1 aromatic rings. The summed E-state index contributed by atoms with van der Waals surface area (Å²) in [5.74, 6) is 6.38. The number of fused-ring (bicyclic) bond motifs is 1. The van der Waals surface area contributed by atoms with Gasteiger partial charge in [0, 0.05) is 19.9 Å². The predicted molar refractivity (Wildman–Crippen MR) is 70.2 cm³/mol. The van der Waals surface area contributed by atoms with E-state index >= 15 is 0 Å². The molecule has 0 spiro atoms. The Bertz CT molecular complexity index is 430. The van der Waals surface area contributed by atoms with Crippen molar-refractivity contribution < 1.29 is 9.53 Å². The van der Waals surface area contributed by atoms with Crippen molar-refractivity contribution in [1.82, 2.24) is 5.01 Å². The lowest BCUT2D eigenvalue weighted by Gasteiger charge is -2.09. The molecule has 0 aromatic heterocycles. The summed E-state index contributed by atoms with van der Waals surface area (Å²) in [6.45, 7) is 0.802. The van der Waals surface area contributed by atoms with E-state index in [1.54, 1.807) is 7.05 Å². The average Bonchev–Trinajstić information content (AvgIpc) is 2.81. The minimum Gasteiger partial charge on any atom is -0.493 e. The highest BCUT2D eigenvalue weighted by Gasteiger charge is 2.11. The van der Waals surface area contributed by atoms with Gasteiger partial charge in [0.2, 0.25) is 5.91 Å². The van der Waals surface area contributed by atoms with Crippen molar-refractivity contribution in [2.45, 2.75) is 32.1 Å². The van der Waals surface area contributed by atoms with Gasteiger partial charge in [-0.15, -0.1) is 0 Å². The lowest BCUT2D eigenvalue weighted by atomic mass is 10.0. The zero-order valence-corrected chi connectivity index (χ0v) is 10.8. The first-order valence-electron chi connectivity index (χ1n) is 6.42. The molecule has 1 heterocycles. The van der Waals surface area contributed by atoms with E-state index in [0.717, 1.165) is 43.0 Å². The number of unbranched alkanes of at least 4 members (excludes halogenated alkanes) is 1. The highest BCUT2D eigenvalue weighted by atomic mass is 16.5. The van der Waals surface area contributed by atoms with Gasteiger partial charge in [-0.2, -0.15) is 0 Å². The molecular weight excluding hydrogens is 228 g/mol. The average molecular weight is 248 g/mol. The fourth-order valence-corrected chi connectivity index (χ4v) is 2.18. The van der Waals surface area contributed by atoms with Crippen molar-refractivity contribution in [3.8, 4) is 5.75 Å². The molecule has 4 heteroatoms. The van der Waals surface area contributed by atoms with E-state index in [0.29, 0.717) is 6.42 Å². The van der Waals surface area contributed by atoms with E-state index in [1.807, 2.05) is 0 Å². The van der Waals surface area contributed by atoms with Crippen LogP contribution in [-0.2, 0) is 17.6 Å². The van der Waals surface area contributed by atoms with Crippen molar-refractivity contribution in [3.05, 3.63) is 29.3 Å². The van der Waals surface area contributed by atoms with Crippen LogP contribution in [0.15, 0.2) is 18.2 Å². The zero-order chi connectivity index (χ0) is 13.0. The lowest BCUT2D eigenvalue weighted by Crippen LogP contribution is -2.32. The Morgan fingerprint density at radius 3 is 3.06 bits per heavy atom. The summed E-state index contributed by atoms with van der Waals surface area (Å²) in [5, 5.41) is 1.16. The SMILES string of the molecule is CN(N)C(=O)CCCCc1ccc2c(c1)CCO2. The first kappa shape index (κ1) is 12.9.